The third-order valence-electron chi connectivity index (χ3n) is 5.28. The fraction of sp³-hybridized carbons (Fsp3) is 0.167. The number of aromatic nitrogens is 2. The molecule has 0 aliphatic rings. The molecule has 33 heavy (non-hydrogen) atoms. The summed E-state index contributed by atoms with van der Waals surface area (Å²) in [7, 11) is 0. The van der Waals surface area contributed by atoms with E-state index in [1.165, 1.54) is 6.92 Å². The lowest BCUT2D eigenvalue weighted by Crippen LogP contribution is -2.13. The van der Waals surface area contributed by atoms with Crippen molar-refractivity contribution in [3.05, 3.63) is 86.1 Å². The zero-order valence-corrected chi connectivity index (χ0v) is 18.6. The SMILES string of the molecule is Cc1cc(C(C)Nc2ccc(Cl)nc2C#N)c2oc(-c3c(F)ccnc3F)c(C)c(=O)c2c1. The average molecular weight is 467 g/mol. The summed E-state index contributed by atoms with van der Waals surface area (Å²) in [6.45, 7) is 5.08. The highest BCUT2D eigenvalue weighted by molar-refractivity contribution is 6.29. The summed E-state index contributed by atoms with van der Waals surface area (Å²) in [6.07, 6.45) is 0.996. The lowest BCUT2D eigenvalue weighted by atomic mass is 9.99. The standard InChI is InChI=1S/C24H17ClF2N4O2/c1-11-8-14(13(3)30-17-4-5-19(25)31-18(17)10-28)23-15(9-11)21(32)12(2)22(33-23)20-16(26)6-7-29-24(20)27/h4-9,13,30H,1-3H3. The Hall–Kier alpha value is -3.83. The molecule has 166 valence electrons. The zero-order valence-electron chi connectivity index (χ0n) is 17.8. The summed E-state index contributed by atoms with van der Waals surface area (Å²) in [5, 5.41) is 13.0. The Bertz CT molecular complexity index is 1490. The lowest BCUT2D eigenvalue weighted by Gasteiger charge is -2.19. The minimum Gasteiger partial charge on any atom is -0.455 e. The quantitative estimate of drug-likeness (QED) is 0.380. The number of hydrogen-bond acceptors (Lipinski definition) is 6. The minimum atomic E-state index is -1.08. The smallest absolute Gasteiger partial charge is 0.226 e. The van der Waals surface area contributed by atoms with E-state index < -0.39 is 28.8 Å². The fourth-order valence-corrected chi connectivity index (χ4v) is 3.84. The molecule has 1 N–H and O–H groups in total. The topological polar surface area (TPSA) is 91.8 Å². The highest BCUT2D eigenvalue weighted by Gasteiger charge is 2.23. The Labute approximate surface area is 192 Å². The van der Waals surface area contributed by atoms with Crippen LogP contribution < -0.4 is 10.7 Å². The molecule has 0 saturated carbocycles. The molecular formula is C24H17ClF2N4O2. The number of benzene rings is 1. The fourth-order valence-electron chi connectivity index (χ4n) is 3.69. The molecule has 6 nitrogen and oxygen atoms in total. The second kappa shape index (κ2) is 8.60. The second-order valence-electron chi connectivity index (χ2n) is 7.58. The van der Waals surface area contributed by atoms with Gasteiger partial charge in [-0.1, -0.05) is 17.7 Å². The van der Waals surface area contributed by atoms with E-state index in [9.17, 15) is 18.8 Å². The number of anilines is 1. The Kier molecular flexibility index (Phi) is 5.83. The summed E-state index contributed by atoms with van der Waals surface area (Å²) < 4.78 is 34.9. The molecule has 0 radical (unpaired) electrons. The summed E-state index contributed by atoms with van der Waals surface area (Å²) in [6, 6.07) is 9.13. The van der Waals surface area contributed by atoms with E-state index in [0.717, 1.165) is 17.8 Å². The number of nitriles is 1. The van der Waals surface area contributed by atoms with Crippen LogP contribution in [0.3, 0.4) is 0 Å². The van der Waals surface area contributed by atoms with Gasteiger partial charge >= 0.3 is 0 Å². The van der Waals surface area contributed by atoms with Gasteiger partial charge in [-0.3, -0.25) is 4.79 Å². The highest BCUT2D eigenvalue weighted by atomic mass is 35.5. The van der Waals surface area contributed by atoms with Crippen molar-refractivity contribution in [3.63, 3.8) is 0 Å². The highest BCUT2D eigenvalue weighted by Crippen LogP contribution is 2.34. The van der Waals surface area contributed by atoms with Gasteiger partial charge in [0.05, 0.1) is 17.1 Å². The van der Waals surface area contributed by atoms with Crippen molar-refractivity contribution in [1.29, 1.82) is 5.26 Å². The van der Waals surface area contributed by atoms with Gasteiger partial charge in [0.2, 0.25) is 5.95 Å². The first-order valence-corrected chi connectivity index (χ1v) is 10.3. The predicted octanol–water partition coefficient (Wildman–Crippen LogP) is 5.84. The van der Waals surface area contributed by atoms with Crippen molar-refractivity contribution in [2.45, 2.75) is 26.8 Å². The van der Waals surface area contributed by atoms with Gasteiger partial charge in [0.1, 0.15) is 33.9 Å². The van der Waals surface area contributed by atoms with Crippen molar-refractivity contribution in [2.75, 3.05) is 5.32 Å². The summed E-state index contributed by atoms with van der Waals surface area (Å²) >= 11 is 5.88. The van der Waals surface area contributed by atoms with Crippen LogP contribution in [0.4, 0.5) is 14.5 Å². The normalized spacial score (nSPS) is 11.9. The maximum absolute atomic E-state index is 14.5. The number of fused-ring (bicyclic) bond motifs is 1. The monoisotopic (exact) mass is 466 g/mol. The molecule has 0 spiro atoms. The van der Waals surface area contributed by atoms with Crippen molar-refractivity contribution >= 4 is 28.3 Å². The number of nitrogens with zero attached hydrogens (tertiary/aromatic N) is 3. The van der Waals surface area contributed by atoms with Gasteiger partial charge in [-0.2, -0.15) is 9.65 Å². The summed E-state index contributed by atoms with van der Waals surface area (Å²) in [5.41, 5.74) is 1.22. The van der Waals surface area contributed by atoms with Gasteiger partial charge in [0.15, 0.2) is 11.1 Å². The maximum atomic E-state index is 14.5. The van der Waals surface area contributed by atoms with Gasteiger partial charge in [-0.15, -0.1) is 0 Å². The number of nitrogens with one attached hydrogen (secondary N) is 1. The average Bonchev–Trinajstić information content (AvgIpc) is 2.78. The largest absolute Gasteiger partial charge is 0.455 e. The van der Waals surface area contributed by atoms with Crippen LogP contribution in [0.1, 0.15) is 35.3 Å². The third kappa shape index (κ3) is 4.03. The van der Waals surface area contributed by atoms with Crippen LogP contribution in [0.2, 0.25) is 5.15 Å². The maximum Gasteiger partial charge on any atom is 0.226 e. The number of aryl methyl sites for hydroxylation is 1. The van der Waals surface area contributed by atoms with E-state index in [0.29, 0.717) is 11.3 Å². The second-order valence-corrected chi connectivity index (χ2v) is 7.97. The first kappa shape index (κ1) is 22.4. The van der Waals surface area contributed by atoms with Gasteiger partial charge in [-0.05, 0) is 50.6 Å². The lowest BCUT2D eigenvalue weighted by molar-refractivity contribution is 0.536. The van der Waals surface area contributed by atoms with E-state index in [1.807, 2.05) is 13.0 Å². The van der Waals surface area contributed by atoms with Crippen LogP contribution in [-0.2, 0) is 0 Å². The van der Waals surface area contributed by atoms with Gasteiger partial charge in [0, 0.05) is 17.3 Å². The molecule has 0 aliphatic heterocycles. The molecule has 1 aromatic carbocycles. The van der Waals surface area contributed by atoms with Crippen LogP contribution >= 0.6 is 11.6 Å². The first-order chi connectivity index (χ1) is 15.7. The van der Waals surface area contributed by atoms with Crippen LogP contribution in [0.5, 0.6) is 0 Å². The van der Waals surface area contributed by atoms with Gasteiger partial charge in [0.25, 0.3) is 0 Å². The molecule has 0 bridgehead atoms. The number of hydrogen-bond donors (Lipinski definition) is 1. The molecule has 0 saturated heterocycles. The Morgan fingerprint density at radius 1 is 1.21 bits per heavy atom. The molecule has 0 fully saturated rings. The zero-order chi connectivity index (χ0) is 23.9. The van der Waals surface area contributed by atoms with E-state index in [4.69, 9.17) is 16.0 Å². The Morgan fingerprint density at radius 3 is 2.67 bits per heavy atom. The van der Waals surface area contributed by atoms with Gasteiger partial charge in [-0.25, -0.2) is 14.4 Å². The Balaban J connectivity index is 1.94. The predicted molar refractivity (Wildman–Crippen MR) is 121 cm³/mol. The van der Waals surface area contributed by atoms with E-state index in [2.05, 4.69) is 15.3 Å². The van der Waals surface area contributed by atoms with Crippen LogP contribution in [0.15, 0.2) is 45.7 Å². The van der Waals surface area contributed by atoms with Crippen LogP contribution in [-0.4, -0.2) is 9.97 Å². The van der Waals surface area contributed by atoms with E-state index in [1.54, 1.807) is 31.2 Å². The van der Waals surface area contributed by atoms with E-state index in [-0.39, 0.29) is 33.1 Å². The molecule has 4 rings (SSSR count). The number of rotatable bonds is 4. The molecule has 9 heteroatoms. The van der Waals surface area contributed by atoms with E-state index >= 15 is 0 Å². The van der Waals surface area contributed by atoms with Gasteiger partial charge < -0.3 is 9.73 Å². The molecule has 3 aromatic heterocycles. The van der Waals surface area contributed by atoms with Crippen molar-refractivity contribution in [3.8, 4) is 17.4 Å². The molecule has 4 aromatic rings. The molecule has 1 unspecified atom stereocenters. The molecular weight excluding hydrogens is 450 g/mol. The van der Waals surface area contributed by atoms with Crippen molar-refractivity contribution in [1.82, 2.24) is 9.97 Å². The molecule has 0 aliphatic carbocycles. The molecule has 3 heterocycles. The Morgan fingerprint density at radius 2 is 1.97 bits per heavy atom. The number of halogens is 3. The van der Waals surface area contributed by atoms with Crippen LogP contribution in [0.25, 0.3) is 22.3 Å². The minimum absolute atomic E-state index is 0.0686. The summed E-state index contributed by atoms with van der Waals surface area (Å²) in [5.74, 6) is -2.19. The van der Waals surface area contributed by atoms with Crippen LogP contribution in [0, 0.1) is 36.9 Å². The molecule has 0 amide bonds. The summed E-state index contributed by atoms with van der Waals surface area (Å²) in [4.78, 5) is 20.6. The number of pyridine rings is 2. The first-order valence-electron chi connectivity index (χ1n) is 9.92. The van der Waals surface area contributed by atoms with Crippen molar-refractivity contribution in [2.24, 2.45) is 0 Å². The molecule has 1 atom stereocenters. The van der Waals surface area contributed by atoms with Crippen molar-refractivity contribution < 1.29 is 13.2 Å². The third-order valence-corrected chi connectivity index (χ3v) is 5.49.